The molecule has 3 aromatic carbocycles. The van der Waals surface area contributed by atoms with Gasteiger partial charge in [-0.1, -0.05) is 72.3 Å². The Morgan fingerprint density at radius 2 is 1.61 bits per heavy atom. The Labute approximate surface area is 215 Å². The van der Waals surface area contributed by atoms with Crippen LogP contribution >= 0.6 is 0 Å². The molecule has 5 nitrogen and oxygen atoms in total. The lowest BCUT2D eigenvalue weighted by Gasteiger charge is -2.37. The number of rotatable bonds is 9. The van der Waals surface area contributed by atoms with Crippen LogP contribution in [0.4, 0.5) is 0 Å². The van der Waals surface area contributed by atoms with Crippen molar-refractivity contribution in [3.8, 4) is 5.75 Å². The number of carbonyl (C=O) groups excluding carboxylic acids is 1. The Balaban J connectivity index is 1.53. The molecular weight excluding hydrogens is 450 g/mol. The van der Waals surface area contributed by atoms with Crippen LogP contribution in [-0.2, 0) is 20.8 Å². The van der Waals surface area contributed by atoms with Crippen LogP contribution in [0, 0.1) is 19.8 Å². The zero-order valence-electron chi connectivity index (χ0n) is 21.8. The summed E-state index contributed by atoms with van der Waals surface area (Å²) in [5.74, 6) is 0.650. The van der Waals surface area contributed by atoms with Gasteiger partial charge < -0.3 is 14.2 Å². The van der Waals surface area contributed by atoms with Gasteiger partial charge >= 0.3 is 5.97 Å². The molecule has 0 aliphatic carbocycles. The van der Waals surface area contributed by atoms with Gasteiger partial charge in [-0.15, -0.1) is 0 Å². The van der Waals surface area contributed by atoms with Crippen LogP contribution in [0.5, 0.6) is 5.75 Å². The molecule has 0 bridgehead atoms. The molecule has 1 aliphatic rings. The normalized spacial score (nSPS) is 16.3. The number of likely N-dealkylation sites (tertiary alicyclic amines) is 1. The molecule has 36 heavy (non-hydrogen) atoms. The molecule has 5 heteroatoms. The zero-order valence-corrected chi connectivity index (χ0v) is 21.8. The number of nitrogens with zero attached hydrogens (tertiary/aromatic N) is 1. The van der Waals surface area contributed by atoms with Crippen molar-refractivity contribution >= 4 is 5.97 Å². The number of methoxy groups -OCH3 is 2. The Morgan fingerprint density at radius 1 is 0.917 bits per heavy atom. The topological polar surface area (TPSA) is 48.0 Å². The first-order chi connectivity index (χ1) is 17.5. The molecule has 0 N–H and O–H groups in total. The van der Waals surface area contributed by atoms with E-state index in [0.717, 1.165) is 54.9 Å². The van der Waals surface area contributed by atoms with Gasteiger partial charge in [-0.25, -0.2) is 4.79 Å². The summed E-state index contributed by atoms with van der Waals surface area (Å²) in [6.45, 7) is 7.01. The average Bonchev–Trinajstić information content (AvgIpc) is 2.90. The fourth-order valence-electron chi connectivity index (χ4n) is 5.12. The smallest absolute Gasteiger partial charge is 0.340 e. The fourth-order valence-corrected chi connectivity index (χ4v) is 5.12. The third-order valence-electron chi connectivity index (χ3n) is 7.23. The third kappa shape index (κ3) is 6.15. The number of esters is 1. The van der Waals surface area contributed by atoms with E-state index in [-0.39, 0.29) is 18.0 Å². The number of piperidine rings is 1. The highest BCUT2D eigenvalue weighted by atomic mass is 16.6. The molecule has 1 fully saturated rings. The SMILES string of the molecule is COc1cccc(C(OC(=O)C(OC)c2ccccc2)C2CCN(Cc3ccc(C)cc3)CC2)c1C. The maximum atomic E-state index is 13.4. The Kier molecular flexibility index (Phi) is 8.79. The third-order valence-corrected chi connectivity index (χ3v) is 7.23. The van der Waals surface area contributed by atoms with Crippen molar-refractivity contribution in [2.45, 2.75) is 45.4 Å². The van der Waals surface area contributed by atoms with Crippen LogP contribution in [0.3, 0.4) is 0 Å². The lowest BCUT2D eigenvalue weighted by atomic mass is 9.85. The molecule has 3 aromatic rings. The highest BCUT2D eigenvalue weighted by molar-refractivity contribution is 5.77. The minimum absolute atomic E-state index is 0.210. The van der Waals surface area contributed by atoms with Gasteiger partial charge in [0.2, 0.25) is 0 Å². The van der Waals surface area contributed by atoms with E-state index in [1.165, 1.54) is 11.1 Å². The summed E-state index contributed by atoms with van der Waals surface area (Å²) < 4.78 is 17.5. The minimum Gasteiger partial charge on any atom is -0.496 e. The highest BCUT2D eigenvalue weighted by Crippen LogP contribution is 2.39. The molecule has 1 saturated heterocycles. The predicted molar refractivity (Wildman–Crippen MR) is 142 cm³/mol. The van der Waals surface area contributed by atoms with Gasteiger partial charge in [0, 0.05) is 19.6 Å². The molecule has 1 heterocycles. The van der Waals surface area contributed by atoms with Crippen molar-refractivity contribution in [1.82, 2.24) is 4.90 Å². The first-order valence-corrected chi connectivity index (χ1v) is 12.7. The van der Waals surface area contributed by atoms with Crippen LogP contribution in [0.15, 0.2) is 72.8 Å². The minimum atomic E-state index is -0.763. The standard InChI is InChI=1S/C31H37NO4/c1-22-13-15-24(16-14-22)21-32-19-17-26(18-20-32)29(27-11-8-12-28(34-3)23(27)2)36-31(33)30(35-4)25-9-6-5-7-10-25/h5-16,26,29-30H,17-21H2,1-4H3. The second kappa shape index (κ2) is 12.2. The molecule has 0 aromatic heterocycles. The van der Waals surface area contributed by atoms with Crippen molar-refractivity contribution in [2.75, 3.05) is 27.3 Å². The van der Waals surface area contributed by atoms with Crippen LogP contribution in [0.2, 0.25) is 0 Å². The van der Waals surface area contributed by atoms with E-state index in [9.17, 15) is 4.79 Å². The molecule has 2 unspecified atom stereocenters. The molecule has 4 rings (SSSR count). The summed E-state index contributed by atoms with van der Waals surface area (Å²) in [5.41, 5.74) is 5.41. The van der Waals surface area contributed by atoms with Crippen molar-refractivity contribution in [3.05, 3.63) is 101 Å². The number of benzene rings is 3. The van der Waals surface area contributed by atoms with Crippen LogP contribution in [0.1, 0.15) is 52.9 Å². The fraction of sp³-hybridized carbons (Fsp3) is 0.387. The summed E-state index contributed by atoms with van der Waals surface area (Å²) in [7, 11) is 3.22. The molecular formula is C31H37NO4. The lowest BCUT2D eigenvalue weighted by molar-refractivity contribution is -0.166. The largest absolute Gasteiger partial charge is 0.496 e. The van der Waals surface area contributed by atoms with E-state index >= 15 is 0 Å². The van der Waals surface area contributed by atoms with E-state index in [1.807, 2.05) is 49.4 Å². The summed E-state index contributed by atoms with van der Waals surface area (Å²) in [4.78, 5) is 15.9. The van der Waals surface area contributed by atoms with Gasteiger partial charge in [0.05, 0.1) is 7.11 Å². The van der Waals surface area contributed by atoms with Crippen LogP contribution < -0.4 is 4.74 Å². The van der Waals surface area contributed by atoms with Crippen LogP contribution in [0.25, 0.3) is 0 Å². The molecule has 0 radical (unpaired) electrons. The Hall–Kier alpha value is -3.15. The zero-order chi connectivity index (χ0) is 25.5. The number of carbonyl (C=O) groups is 1. The lowest BCUT2D eigenvalue weighted by Crippen LogP contribution is -2.36. The molecule has 0 saturated carbocycles. The predicted octanol–water partition coefficient (Wildman–Crippen LogP) is 6.20. The number of ether oxygens (including phenoxy) is 3. The second-order valence-electron chi connectivity index (χ2n) is 9.66. The monoisotopic (exact) mass is 487 g/mol. The summed E-state index contributed by atoms with van der Waals surface area (Å²) in [6, 6.07) is 24.3. The quantitative estimate of drug-likeness (QED) is 0.337. The molecule has 190 valence electrons. The maximum Gasteiger partial charge on any atom is 0.340 e. The van der Waals surface area contributed by atoms with Gasteiger partial charge in [0.15, 0.2) is 6.10 Å². The van der Waals surface area contributed by atoms with Gasteiger partial charge in [-0.2, -0.15) is 0 Å². The summed E-state index contributed by atoms with van der Waals surface area (Å²) >= 11 is 0. The first kappa shape index (κ1) is 25.9. The number of aryl methyl sites for hydroxylation is 1. The van der Waals surface area contributed by atoms with E-state index < -0.39 is 6.10 Å². The van der Waals surface area contributed by atoms with E-state index in [0.29, 0.717) is 0 Å². The van der Waals surface area contributed by atoms with Crippen molar-refractivity contribution in [3.63, 3.8) is 0 Å². The average molecular weight is 488 g/mol. The number of hydrogen-bond donors (Lipinski definition) is 0. The highest BCUT2D eigenvalue weighted by Gasteiger charge is 2.34. The van der Waals surface area contributed by atoms with Crippen LogP contribution in [-0.4, -0.2) is 38.2 Å². The van der Waals surface area contributed by atoms with Gasteiger partial charge in [-0.3, -0.25) is 4.90 Å². The maximum absolute atomic E-state index is 13.4. The number of hydrogen-bond acceptors (Lipinski definition) is 5. The van der Waals surface area contributed by atoms with Gasteiger partial charge in [0.1, 0.15) is 11.9 Å². The molecule has 1 aliphatic heterocycles. The summed E-state index contributed by atoms with van der Waals surface area (Å²) in [6.07, 6.45) is 0.768. The van der Waals surface area contributed by atoms with Gasteiger partial charge in [-0.05, 0) is 68.1 Å². The Bertz CT molecular complexity index is 1120. The van der Waals surface area contributed by atoms with E-state index in [4.69, 9.17) is 14.2 Å². The van der Waals surface area contributed by atoms with Crippen molar-refractivity contribution in [2.24, 2.45) is 5.92 Å². The molecule has 0 amide bonds. The van der Waals surface area contributed by atoms with Gasteiger partial charge in [0.25, 0.3) is 0 Å². The van der Waals surface area contributed by atoms with Crippen molar-refractivity contribution in [1.29, 1.82) is 0 Å². The summed E-state index contributed by atoms with van der Waals surface area (Å²) in [5, 5.41) is 0. The molecule has 0 spiro atoms. The van der Waals surface area contributed by atoms with Crippen molar-refractivity contribution < 1.29 is 19.0 Å². The van der Waals surface area contributed by atoms with E-state index in [2.05, 4.69) is 42.2 Å². The second-order valence-corrected chi connectivity index (χ2v) is 9.66. The van der Waals surface area contributed by atoms with E-state index in [1.54, 1.807) is 14.2 Å². The molecule has 2 atom stereocenters. The first-order valence-electron chi connectivity index (χ1n) is 12.7. The Morgan fingerprint density at radius 3 is 2.25 bits per heavy atom.